The lowest BCUT2D eigenvalue weighted by atomic mass is 10.2. The normalized spacial score (nSPS) is 11.6. The van der Waals surface area contributed by atoms with Crippen LogP contribution in [-0.4, -0.2) is 0 Å². The Labute approximate surface area is 278 Å². The van der Waals surface area contributed by atoms with Crippen molar-refractivity contribution in [1.82, 2.24) is 0 Å². The Morgan fingerprint density at radius 3 is 1.04 bits per heavy atom. The molecule has 0 bridgehead atoms. The number of rotatable bonds is 7. The van der Waals surface area contributed by atoms with Crippen molar-refractivity contribution in [3.05, 3.63) is 181 Å². The van der Waals surface area contributed by atoms with Gasteiger partial charge in [0, 0.05) is 32.6 Å². The molecule has 2 nitrogen and oxygen atoms in total. The van der Waals surface area contributed by atoms with Crippen LogP contribution in [0.3, 0.4) is 0 Å². The van der Waals surface area contributed by atoms with E-state index in [2.05, 4.69) is 53.0 Å². The molecule has 0 atom stereocenters. The minimum atomic E-state index is -4.44. The summed E-state index contributed by atoms with van der Waals surface area (Å²) < 4.78 is 79.7. The Kier molecular flexibility index (Phi) is 11.2. The third-order valence-corrected chi connectivity index (χ3v) is 12.4. The molecule has 0 amide bonds. The van der Waals surface area contributed by atoms with Crippen LogP contribution >= 0.6 is 16.1 Å². The smallest absolute Gasteiger partial charge is 0.399 e. The first kappa shape index (κ1) is 34.7. The topological polar surface area (TPSA) is 29.3 Å². The van der Waals surface area contributed by atoms with Gasteiger partial charge in [-0.05, 0) is 36.4 Å². The zero-order chi connectivity index (χ0) is 34.1. The zero-order valence-electron chi connectivity index (χ0n) is 25.4. The number of nitrogens with zero attached hydrogens (tertiary/aromatic N) is 1. The van der Waals surface area contributed by atoms with Crippen LogP contribution in [0.15, 0.2) is 170 Å². The highest BCUT2D eigenvalue weighted by Crippen LogP contribution is 2.57. The molecule has 0 aromatic heterocycles. The van der Waals surface area contributed by atoms with E-state index >= 15 is 0 Å². The lowest BCUT2D eigenvalue weighted by molar-refractivity contribution is -0.138. The molecular formula is C38H30F6N2P2. The van der Waals surface area contributed by atoms with Gasteiger partial charge in [0.25, 0.3) is 0 Å². The van der Waals surface area contributed by atoms with Gasteiger partial charge in [-0.3, -0.25) is 0 Å². The number of hydrogen-bond donors (Lipinski definition) is 1. The number of halogens is 6. The second-order valence-electron chi connectivity index (χ2n) is 10.4. The van der Waals surface area contributed by atoms with Crippen molar-refractivity contribution in [1.29, 1.82) is 0 Å². The molecule has 0 radical (unpaired) electrons. The molecule has 0 saturated carbocycles. The van der Waals surface area contributed by atoms with Crippen molar-refractivity contribution in [3.8, 4) is 0 Å². The van der Waals surface area contributed by atoms with Gasteiger partial charge < -0.3 is 10.2 Å². The van der Waals surface area contributed by atoms with Crippen molar-refractivity contribution >= 4 is 48.7 Å². The van der Waals surface area contributed by atoms with Crippen LogP contribution in [0.4, 0.5) is 37.7 Å². The van der Waals surface area contributed by atoms with Crippen LogP contribution in [0.25, 0.3) is 0 Å². The third kappa shape index (κ3) is 8.83. The van der Waals surface area contributed by atoms with Crippen LogP contribution in [0.2, 0.25) is 0 Å². The number of alkyl halides is 6. The molecule has 6 rings (SSSR count). The molecule has 0 spiro atoms. The number of hydrogen-bond acceptors (Lipinski definition) is 2. The molecule has 0 unspecified atom stereocenters. The number of benzene rings is 6. The fourth-order valence-electron chi connectivity index (χ4n) is 4.85. The Hall–Kier alpha value is -4.64. The summed E-state index contributed by atoms with van der Waals surface area (Å²) in [6.07, 6.45) is -8.73. The van der Waals surface area contributed by atoms with Crippen LogP contribution in [-0.2, 0) is 12.4 Å². The predicted octanol–water partition coefficient (Wildman–Crippen LogP) is 9.90. The average Bonchev–Trinajstić information content (AvgIpc) is 3.09. The lowest BCUT2D eigenvalue weighted by Gasteiger charge is -2.41. The van der Waals surface area contributed by atoms with Crippen LogP contribution in [0.5, 0.6) is 0 Å². The molecule has 244 valence electrons. The van der Waals surface area contributed by atoms with E-state index in [1.807, 2.05) is 72.8 Å². The summed E-state index contributed by atoms with van der Waals surface area (Å²) in [5.74, 6) is 0. The van der Waals surface area contributed by atoms with Gasteiger partial charge in [0.1, 0.15) is 0 Å². The fraction of sp³-hybridized carbons (Fsp3) is 0.0526. The molecule has 0 aliphatic carbocycles. The molecule has 6 aromatic carbocycles. The summed E-state index contributed by atoms with van der Waals surface area (Å²) in [5, 5.41) is 4.28. The minimum absolute atomic E-state index is 0.125. The van der Waals surface area contributed by atoms with E-state index in [0.717, 1.165) is 39.4 Å². The van der Waals surface area contributed by atoms with Crippen LogP contribution < -0.4 is 31.4 Å². The summed E-state index contributed by atoms with van der Waals surface area (Å²) in [4.78, 5) is 0. The highest BCUT2D eigenvalue weighted by atomic mass is 31.2. The molecular weight excluding hydrogens is 660 g/mol. The Bertz CT molecular complexity index is 1710. The molecule has 10 heteroatoms. The molecule has 6 aromatic rings. The van der Waals surface area contributed by atoms with E-state index in [1.54, 1.807) is 6.07 Å². The molecule has 48 heavy (non-hydrogen) atoms. The first-order chi connectivity index (χ1) is 23.0. The molecule has 0 fully saturated rings. The Morgan fingerprint density at radius 2 is 0.729 bits per heavy atom. The van der Waals surface area contributed by atoms with Crippen molar-refractivity contribution in [2.75, 3.05) is 10.2 Å². The van der Waals surface area contributed by atoms with Crippen LogP contribution in [0.1, 0.15) is 11.1 Å². The second kappa shape index (κ2) is 15.5. The average molecular weight is 691 g/mol. The standard InChI is InChI=1S/C31H24F3NP2.C7H6F3N/c32-31(33,34)25-14-13-15-26(24-25)35(36(27-16-5-1-6-17-27)28-18-7-2-8-19-28)37(29-20-9-3-10-21-29)30-22-11-4-12-23-30;8-7(9,10)5-2-1-3-6(11)4-5/h1-24H;1-4H,11H2. The van der Waals surface area contributed by atoms with E-state index in [-0.39, 0.29) is 5.69 Å². The van der Waals surface area contributed by atoms with Crippen molar-refractivity contribution in [3.63, 3.8) is 0 Å². The SMILES string of the molecule is FC(F)(F)c1cccc(N(P(c2ccccc2)c2ccccc2)P(c2ccccc2)c2ccccc2)c1.Nc1cccc(C(F)(F)F)c1. The minimum Gasteiger partial charge on any atom is -0.399 e. The maximum Gasteiger partial charge on any atom is 0.416 e. The number of nitrogen functional groups attached to an aromatic ring is 1. The van der Waals surface area contributed by atoms with Gasteiger partial charge in [0.2, 0.25) is 0 Å². The molecule has 0 aliphatic heterocycles. The highest BCUT2D eigenvalue weighted by Gasteiger charge is 2.35. The first-order valence-corrected chi connectivity index (χ1v) is 17.3. The highest BCUT2D eigenvalue weighted by molar-refractivity contribution is 7.90. The maximum atomic E-state index is 13.9. The summed E-state index contributed by atoms with van der Waals surface area (Å²) in [6.45, 7) is 0. The largest absolute Gasteiger partial charge is 0.416 e. The molecule has 0 aliphatic rings. The van der Waals surface area contributed by atoms with Gasteiger partial charge in [-0.2, -0.15) is 26.3 Å². The fourth-order valence-corrected chi connectivity index (χ4v) is 10.8. The summed E-state index contributed by atoms with van der Waals surface area (Å²) in [7, 11) is -2.46. The third-order valence-electron chi connectivity index (χ3n) is 7.00. The van der Waals surface area contributed by atoms with E-state index in [1.165, 1.54) is 24.3 Å². The summed E-state index contributed by atoms with van der Waals surface area (Å²) in [5.41, 5.74) is 4.47. The summed E-state index contributed by atoms with van der Waals surface area (Å²) in [6, 6.07) is 50.7. The van der Waals surface area contributed by atoms with Crippen molar-refractivity contribution < 1.29 is 26.3 Å². The van der Waals surface area contributed by atoms with Crippen LogP contribution in [0, 0.1) is 0 Å². The van der Waals surface area contributed by atoms with E-state index in [9.17, 15) is 26.3 Å². The van der Waals surface area contributed by atoms with Crippen molar-refractivity contribution in [2.24, 2.45) is 0 Å². The second-order valence-corrected chi connectivity index (χ2v) is 14.9. The zero-order valence-corrected chi connectivity index (χ0v) is 27.1. The summed E-state index contributed by atoms with van der Waals surface area (Å²) >= 11 is 0. The predicted molar refractivity (Wildman–Crippen MR) is 188 cm³/mol. The number of anilines is 2. The van der Waals surface area contributed by atoms with Gasteiger partial charge in [-0.25, -0.2) is 0 Å². The van der Waals surface area contributed by atoms with Crippen molar-refractivity contribution in [2.45, 2.75) is 12.4 Å². The van der Waals surface area contributed by atoms with E-state index in [4.69, 9.17) is 5.73 Å². The molecule has 0 saturated heterocycles. The monoisotopic (exact) mass is 690 g/mol. The Morgan fingerprint density at radius 1 is 0.396 bits per heavy atom. The van der Waals surface area contributed by atoms with Gasteiger partial charge >= 0.3 is 12.4 Å². The molecule has 2 N–H and O–H groups in total. The Balaban J connectivity index is 0.000000349. The quantitative estimate of drug-likeness (QED) is 0.103. The lowest BCUT2D eigenvalue weighted by Crippen LogP contribution is -2.31. The maximum absolute atomic E-state index is 13.9. The molecule has 0 heterocycles. The van der Waals surface area contributed by atoms with Gasteiger partial charge in [0.05, 0.1) is 27.3 Å². The van der Waals surface area contributed by atoms with Gasteiger partial charge in [-0.15, -0.1) is 0 Å². The van der Waals surface area contributed by atoms with Gasteiger partial charge in [-0.1, -0.05) is 133 Å². The number of nitrogens with two attached hydrogens (primary N) is 1. The van der Waals surface area contributed by atoms with E-state index < -0.39 is 39.6 Å². The first-order valence-electron chi connectivity index (χ1n) is 14.7. The van der Waals surface area contributed by atoms with E-state index in [0.29, 0.717) is 5.69 Å². The van der Waals surface area contributed by atoms with Gasteiger partial charge in [0.15, 0.2) is 0 Å².